The van der Waals surface area contributed by atoms with E-state index >= 15 is 0 Å². The average molecular weight is 388 g/mol. The highest BCUT2D eigenvalue weighted by Crippen LogP contribution is 2.57. The summed E-state index contributed by atoms with van der Waals surface area (Å²) < 4.78 is 0. The van der Waals surface area contributed by atoms with Crippen molar-refractivity contribution in [3.63, 3.8) is 0 Å². The van der Waals surface area contributed by atoms with Gasteiger partial charge in [-0.05, 0) is 55.2 Å². The first-order valence-electron chi connectivity index (χ1n) is 10.9. The summed E-state index contributed by atoms with van der Waals surface area (Å²) in [5.41, 5.74) is 0. The fraction of sp³-hybridized carbons (Fsp3) is 0.333. The van der Waals surface area contributed by atoms with Gasteiger partial charge in [0.05, 0.1) is 6.16 Å². The maximum Gasteiger partial charge on any atom is 0.112 e. The molecule has 0 radical (unpaired) electrons. The minimum Gasteiger partial charge on any atom is -0.0620 e. The van der Waals surface area contributed by atoms with Crippen molar-refractivity contribution in [2.75, 3.05) is 6.16 Å². The highest BCUT2D eigenvalue weighted by Gasteiger charge is 2.46. The van der Waals surface area contributed by atoms with Gasteiger partial charge in [-0.2, -0.15) is 0 Å². The monoisotopic (exact) mass is 387 g/mol. The predicted octanol–water partition coefficient (Wildman–Crippen LogP) is 6.34. The van der Waals surface area contributed by atoms with Crippen molar-refractivity contribution in [1.82, 2.24) is 0 Å². The smallest absolute Gasteiger partial charge is 0.0620 e. The highest BCUT2D eigenvalue weighted by molar-refractivity contribution is 7.95. The fourth-order valence-electron chi connectivity index (χ4n) is 4.92. The van der Waals surface area contributed by atoms with Gasteiger partial charge in [-0.1, -0.05) is 86.7 Å². The van der Waals surface area contributed by atoms with Crippen LogP contribution in [-0.2, 0) is 0 Å². The zero-order valence-corrected chi connectivity index (χ0v) is 17.7. The Balaban J connectivity index is 1.85. The number of hydrogen-bond acceptors (Lipinski definition) is 0. The van der Waals surface area contributed by atoms with Gasteiger partial charge in [0, 0.05) is 0 Å². The Bertz CT molecular complexity index is 721. The molecule has 0 saturated heterocycles. The molecule has 3 aromatic rings. The molecule has 0 spiro atoms. The molecule has 28 heavy (non-hydrogen) atoms. The summed E-state index contributed by atoms with van der Waals surface area (Å²) in [5.74, 6) is 0.828. The first-order valence-corrected chi connectivity index (χ1v) is 12.9. The molecule has 1 aliphatic rings. The summed E-state index contributed by atoms with van der Waals surface area (Å²) in [6.07, 6.45) is 11.2. The molecule has 0 heterocycles. The maximum atomic E-state index is 2.39. The minimum atomic E-state index is -1.66. The molecule has 1 fully saturated rings. The third-order valence-corrected chi connectivity index (χ3v) is 11.0. The van der Waals surface area contributed by atoms with Crippen LogP contribution in [0.25, 0.3) is 0 Å². The highest BCUT2D eigenvalue weighted by atomic mass is 31.2. The van der Waals surface area contributed by atoms with Crippen LogP contribution >= 0.6 is 7.26 Å². The Morgan fingerprint density at radius 3 is 1.25 bits per heavy atom. The van der Waals surface area contributed by atoms with Gasteiger partial charge in [-0.25, -0.2) is 0 Å². The van der Waals surface area contributed by atoms with Gasteiger partial charge in [-0.15, -0.1) is 0 Å². The van der Waals surface area contributed by atoms with Crippen molar-refractivity contribution in [2.45, 2.75) is 44.9 Å². The van der Waals surface area contributed by atoms with Crippen LogP contribution in [0.2, 0.25) is 0 Å². The molecule has 0 aromatic heterocycles. The lowest BCUT2D eigenvalue weighted by Crippen LogP contribution is -2.35. The third-order valence-electron chi connectivity index (χ3n) is 6.35. The van der Waals surface area contributed by atoms with Crippen LogP contribution < -0.4 is 15.9 Å². The fourth-order valence-corrected chi connectivity index (χ4v) is 9.63. The molecule has 3 aromatic carbocycles. The topological polar surface area (TPSA) is 0 Å². The largest absolute Gasteiger partial charge is 0.112 e. The van der Waals surface area contributed by atoms with Gasteiger partial charge >= 0.3 is 0 Å². The lowest BCUT2D eigenvalue weighted by Gasteiger charge is -2.32. The molecule has 1 heteroatoms. The van der Waals surface area contributed by atoms with E-state index in [1.807, 2.05) is 0 Å². The Morgan fingerprint density at radius 2 is 0.857 bits per heavy atom. The van der Waals surface area contributed by atoms with E-state index in [1.54, 1.807) is 0 Å². The zero-order valence-electron chi connectivity index (χ0n) is 16.8. The van der Waals surface area contributed by atoms with E-state index in [2.05, 4.69) is 91.0 Å². The first-order chi connectivity index (χ1) is 13.9. The Kier molecular flexibility index (Phi) is 6.61. The maximum absolute atomic E-state index is 2.39. The summed E-state index contributed by atoms with van der Waals surface area (Å²) in [6.45, 7) is 0. The summed E-state index contributed by atoms with van der Waals surface area (Å²) in [7, 11) is -1.66. The molecule has 0 atom stereocenters. The summed E-state index contributed by atoms with van der Waals surface area (Å²) in [6, 6.07) is 34.2. The van der Waals surface area contributed by atoms with Crippen LogP contribution in [0.5, 0.6) is 0 Å². The van der Waals surface area contributed by atoms with Crippen molar-refractivity contribution in [3.05, 3.63) is 91.0 Å². The van der Waals surface area contributed by atoms with Crippen molar-refractivity contribution in [1.29, 1.82) is 0 Å². The quantitative estimate of drug-likeness (QED) is 0.448. The Labute approximate surface area is 171 Å². The van der Waals surface area contributed by atoms with Crippen LogP contribution in [0, 0.1) is 5.92 Å². The van der Waals surface area contributed by atoms with Crippen LogP contribution in [0.3, 0.4) is 0 Å². The van der Waals surface area contributed by atoms with E-state index < -0.39 is 7.26 Å². The van der Waals surface area contributed by atoms with Gasteiger partial charge < -0.3 is 0 Å². The molecular weight excluding hydrogens is 355 g/mol. The minimum absolute atomic E-state index is 0.828. The Morgan fingerprint density at radius 1 is 0.500 bits per heavy atom. The SMILES string of the molecule is c1ccc([P+](CC2CCCCCCC2)(c2ccccc2)c2ccccc2)cc1. The second-order valence-electron chi connectivity index (χ2n) is 8.21. The van der Waals surface area contributed by atoms with Gasteiger partial charge in [-0.3, -0.25) is 0 Å². The second-order valence-corrected chi connectivity index (χ2v) is 11.7. The lowest BCUT2D eigenvalue weighted by molar-refractivity contribution is 0.408. The summed E-state index contributed by atoms with van der Waals surface area (Å²) >= 11 is 0. The predicted molar refractivity (Wildman–Crippen MR) is 126 cm³/mol. The van der Waals surface area contributed by atoms with Crippen molar-refractivity contribution < 1.29 is 0 Å². The van der Waals surface area contributed by atoms with Gasteiger partial charge in [0.2, 0.25) is 0 Å². The van der Waals surface area contributed by atoms with Gasteiger partial charge in [0.1, 0.15) is 23.2 Å². The van der Waals surface area contributed by atoms with Crippen LogP contribution in [0.4, 0.5) is 0 Å². The number of hydrogen-bond donors (Lipinski definition) is 0. The number of rotatable bonds is 5. The normalized spacial score (nSPS) is 16.3. The van der Waals surface area contributed by atoms with Crippen molar-refractivity contribution >= 4 is 23.2 Å². The van der Waals surface area contributed by atoms with E-state index in [9.17, 15) is 0 Å². The molecule has 0 aliphatic heterocycles. The van der Waals surface area contributed by atoms with Gasteiger partial charge in [0.25, 0.3) is 0 Å². The lowest BCUT2D eigenvalue weighted by atomic mass is 9.93. The van der Waals surface area contributed by atoms with E-state index in [-0.39, 0.29) is 0 Å². The average Bonchev–Trinajstić information content (AvgIpc) is 2.75. The van der Waals surface area contributed by atoms with E-state index in [0.717, 1.165) is 5.92 Å². The standard InChI is InChI=1S/C27H32P/c1-2-7-15-24(16-8-3-1)23-28(25-17-9-4-10-18-25,26-19-11-5-12-20-26)27-21-13-6-14-22-27/h4-6,9-14,17-22,24H,1-3,7-8,15-16,23H2/q+1. The molecule has 1 aliphatic carbocycles. The first kappa shape index (κ1) is 19.4. The molecule has 0 N–H and O–H groups in total. The summed E-state index contributed by atoms with van der Waals surface area (Å²) in [4.78, 5) is 0. The third kappa shape index (κ3) is 4.23. The molecule has 0 bridgehead atoms. The van der Waals surface area contributed by atoms with Crippen LogP contribution in [0.1, 0.15) is 44.9 Å². The van der Waals surface area contributed by atoms with E-state index in [1.165, 1.54) is 67.0 Å². The number of benzene rings is 3. The second kappa shape index (κ2) is 9.53. The molecule has 0 nitrogen and oxygen atoms in total. The van der Waals surface area contributed by atoms with Crippen LogP contribution in [0.15, 0.2) is 91.0 Å². The molecule has 4 rings (SSSR count). The van der Waals surface area contributed by atoms with Gasteiger partial charge in [0.15, 0.2) is 0 Å². The summed E-state index contributed by atoms with van der Waals surface area (Å²) in [5, 5.41) is 4.61. The van der Waals surface area contributed by atoms with E-state index in [4.69, 9.17) is 0 Å². The molecule has 144 valence electrons. The van der Waals surface area contributed by atoms with Crippen LogP contribution in [-0.4, -0.2) is 6.16 Å². The Hall–Kier alpha value is -1.91. The molecule has 1 saturated carbocycles. The molecule has 0 unspecified atom stereocenters. The van der Waals surface area contributed by atoms with E-state index in [0.29, 0.717) is 0 Å². The zero-order chi connectivity index (χ0) is 19.1. The molecule has 0 amide bonds. The van der Waals surface area contributed by atoms with Crippen molar-refractivity contribution in [3.8, 4) is 0 Å². The molecular formula is C27H32P+. The van der Waals surface area contributed by atoms with Crippen molar-refractivity contribution in [2.24, 2.45) is 5.92 Å².